The molecule has 3 amide bonds. The maximum absolute atomic E-state index is 13.1. The molecule has 1 heterocycles. The van der Waals surface area contributed by atoms with E-state index in [2.05, 4.69) is 20.9 Å². The van der Waals surface area contributed by atoms with Crippen molar-refractivity contribution in [3.63, 3.8) is 0 Å². The minimum atomic E-state index is -1.61. The lowest BCUT2D eigenvalue weighted by Gasteiger charge is -2.27. The number of fused-ring (bicyclic) bond motifs is 1. The summed E-state index contributed by atoms with van der Waals surface area (Å²) in [5, 5.41) is 37.2. The molecule has 6 atom stereocenters. The first-order valence-corrected chi connectivity index (χ1v) is 11.6. The number of carboxylic acids is 1. The first-order chi connectivity index (χ1) is 16.8. The summed E-state index contributed by atoms with van der Waals surface area (Å²) in [7, 11) is 0. The Balaban J connectivity index is 2.32. The number of carboxylic acid groups (broad SMARTS) is 1. The van der Waals surface area contributed by atoms with Gasteiger partial charge in [0.05, 0.1) is 18.2 Å². The van der Waals surface area contributed by atoms with E-state index in [0.29, 0.717) is 5.56 Å². The van der Waals surface area contributed by atoms with Gasteiger partial charge < -0.3 is 42.0 Å². The molecule has 2 rings (SSSR count). The predicted molar refractivity (Wildman–Crippen MR) is 132 cm³/mol. The average molecular weight is 506 g/mol. The van der Waals surface area contributed by atoms with Gasteiger partial charge in [0.2, 0.25) is 17.7 Å². The zero-order chi connectivity index (χ0) is 27.2. The van der Waals surface area contributed by atoms with Crippen LogP contribution in [0.2, 0.25) is 0 Å². The van der Waals surface area contributed by atoms with E-state index in [-0.39, 0.29) is 12.3 Å². The molecular weight excluding hydrogens is 470 g/mol. The summed E-state index contributed by atoms with van der Waals surface area (Å²) in [5.41, 5.74) is 7.30. The number of rotatable bonds is 12. The van der Waals surface area contributed by atoms with Gasteiger partial charge in [-0.2, -0.15) is 0 Å². The Morgan fingerprint density at radius 2 is 1.47 bits per heavy atom. The maximum Gasteiger partial charge on any atom is 0.328 e. The van der Waals surface area contributed by atoms with Gasteiger partial charge in [0.25, 0.3) is 0 Å². The van der Waals surface area contributed by atoms with Gasteiger partial charge in [-0.15, -0.1) is 0 Å². The van der Waals surface area contributed by atoms with E-state index in [9.17, 15) is 34.5 Å². The Morgan fingerprint density at radius 1 is 0.889 bits per heavy atom. The Morgan fingerprint density at radius 3 is 2.03 bits per heavy atom. The lowest BCUT2D eigenvalue weighted by atomic mass is 10.0. The summed E-state index contributed by atoms with van der Waals surface area (Å²) in [5.74, 6) is -4.05. The fourth-order valence-corrected chi connectivity index (χ4v) is 3.59. The third-order valence-corrected chi connectivity index (χ3v) is 5.86. The van der Waals surface area contributed by atoms with Gasteiger partial charge in [0.1, 0.15) is 12.1 Å². The third kappa shape index (κ3) is 7.26. The Hall–Kier alpha value is -3.48. The van der Waals surface area contributed by atoms with Crippen molar-refractivity contribution in [2.45, 2.75) is 70.5 Å². The molecule has 12 heteroatoms. The molecule has 9 N–H and O–H groups in total. The number of benzene rings is 1. The monoisotopic (exact) mass is 505 g/mol. The van der Waals surface area contributed by atoms with Crippen molar-refractivity contribution in [3.8, 4) is 0 Å². The second kappa shape index (κ2) is 12.5. The molecule has 0 fully saturated rings. The van der Waals surface area contributed by atoms with Crippen LogP contribution in [0.25, 0.3) is 10.9 Å². The molecule has 36 heavy (non-hydrogen) atoms. The van der Waals surface area contributed by atoms with Crippen molar-refractivity contribution in [3.05, 3.63) is 36.0 Å². The van der Waals surface area contributed by atoms with Crippen molar-refractivity contribution in [2.75, 3.05) is 0 Å². The number of H-pyrrole nitrogens is 1. The highest BCUT2D eigenvalue weighted by Gasteiger charge is 2.34. The summed E-state index contributed by atoms with van der Waals surface area (Å²) in [6.45, 7) is 5.96. The SMILES string of the molecule is CC(C)C(N)C(=O)NC(C(=O)NC(Cc1c[nH]c2ccccc12)C(=O)NC(C(=O)O)C(C)O)C(C)O. The van der Waals surface area contributed by atoms with E-state index in [1.54, 1.807) is 26.1 Å². The second-order valence-electron chi connectivity index (χ2n) is 9.19. The van der Waals surface area contributed by atoms with Crippen LogP contribution in [-0.2, 0) is 25.6 Å². The van der Waals surface area contributed by atoms with Gasteiger partial charge in [0, 0.05) is 23.5 Å². The molecular formula is C24H35N5O7. The zero-order valence-electron chi connectivity index (χ0n) is 20.7. The van der Waals surface area contributed by atoms with Gasteiger partial charge in [-0.25, -0.2) is 4.79 Å². The van der Waals surface area contributed by atoms with E-state index in [1.807, 2.05) is 18.2 Å². The third-order valence-electron chi connectivity index (χ3n) is 5.86. The molecule has 12 nitrogen and oxygen atoms in total. The summed E-state index contributed by atoms with van der Waals surface area (Å²) in [4.78, 5) is 53.2. The summed E-state index contributed by atoms with van der Waals surface area (Å²) < 4.78 is 0. The fraction of sp³-hybridized carbons (Fsp3) is 0.500. The number of para-hydroxylation sites is 1. The number of aromatic nitrogens is 1. The fourth-order valence-electron chi connectivity index (χ4n) is 3.59. The van der Waals surface area contributed by atoms with Crippen molar-refractivity contribution >= 4 is 34.6 Å². The molecule has 0 spiro atoms. The van der Waals surface area contributed by atoms with Gasteiger partial charge >= 0.3 is 5.97 Å². The number of amides is 3. The lowest BCUT2D eigenvalue weighted by Crippen LogP contribution is -2.61. The smallest absolute Gasteiger partial charge is 0.328 e. The van der Waals surface area contributed by atoms with Crippen LogP contribution in [0.5, 0.6) is 0 Å². The van der Waals surface area contributed by atoms with E-state index in [1.165, 1.54) is 13.8 Å². The molecule has 0 aliphatic rings. The quantitative estimate of drug-likeness (QED) is 0.179. The van der Waals surface area contributed by atoms with Crippen molar-refractivity contribution in [1.29, 1.82) is 0 Å². The molecule has 1 aromatic carbocycles. The maximum atomic E-state index is 13.1. The number of aliphatic hydroxyl groups is 2. The zero-order valence-corrected chi connectivity index (χ0v) is 20.7. The Labute approximate surface area is 208 Å². The van der Waals surface area contributed by atoms with Crippen LogP contribution in [-0.4, -0.2) is 80.4 Å². The van der Waals surface area contributed by atoms with E-state index < -0.39 is 60.1 Å². The van der Waals surface area contributed by atoms with E-state index in [0.717, 1.165) is 10.9 Å². The lowest BCUT2D eigenvalue weighted by molar-refractivity contribution is -0.145. The predicted octanol–water partition coefficient (Wildman–Crippen LogP) is -1.01. The van der Waals surface area contributed by atoms with Crippen LogP contribution in [0.4, 0.5) is 0 Å². The molecule has 198 valence electrons. The van der Waals surface area contributed by atoms with Crippen molar-refractivity contribution in [1.82, 2.24) is 20.9 Å². The number of hydrogen-bond donors (Lipinski definition) is 8. The van der Waals surface area contributed by atoms with Crippen LogP contribution in [0.1, 0.15) is 33.3 Å². The molecule has 1 aromatic heterocycles. The number of hydrogen-bond acceptors (Lipinski definition) is 7. The van der Waals surface area contributed by atoms with Crippen LogP contribution < -0.4 is 21.7 Å². The minimum absolute atomic E-state index is 0.0419. The summed E-state index contributed by atoms with van der Waals surface area (Å²) in [6.07, 6.45) is -1.11. The van der Waals surface area contributed by atoms with E-state index >= 15 is 0 Å². The van der Waals surface area contributed by atoms with Gasteiger partial charge in [-0.1, -0.05) is 32.0 Å². The van der Waals surface area contributed by atoms with Crippen LogP contribution in [0, 0.1) is 5.92 Å². The van der Waals surface area contributed by atoms with Gasteiger partial charge in [-0.05, 0) is 31.4 Å². The molecule has 0 saturated carbocycles. The highest BCUT2D eigenvalue weighted by molar-refractivity contribution is 5.95. The van der Waals surface area contributed by atoms with Gasteiger partial charge in [0.15, 0.2) is 6.04 Å². The molecule has 0 radical (unpaired) electrons. The number of carbonyl (C=O) groups excluding carboxylic acids is 3. The van der Waals surface area contributed by atoms with Crippen molar-refractivity contribution < 1.29 is 34.5 Å². The summed E-state index contributed by atoms with van der Waals surface area (Å²) >= 11 is 0. The molecule has 0 aliphatic heterocycles. The van der Waals surface area contributed by atoms with Crippen LogP contribution >= 0.6 is 0 Å². The molecule has 6 unspecified atom stereocenters. The first kappa shape index (κ1) is 28.8. The highest BCUT2D eigenvalue weighted by Crippen LogP contribution is 2.19. The normalized spacial score (nSPS) is 16.4. The number of aromatic amines is 1. The average Bonchev–Trinajstić information content (AvgIpc) is 3.21. The topological polar surface area (TPSA) is 207 Å². The van der Waals surface area contributed by atoms with Crippen LogP contribution in [0.3, 0.4) is 0 Å². The van der Waals surface area contributed by atoms with Crippen molar-refractivity contribution in [2.24, 2.45) is 11.7 Å². The minimum Gasteiger partial charge on any atom is -0.480 e. The standard InChI is InChI=1S/C24H35N5O7/c1-11(2)18(25)22(33)28-19(12(3)30)23(34)27-17(21(32)29-20(13(4)31)24(35)36)9-14-10-26-16-8-6-5-7-15(14)16/h5-8,10-13,17-20,26,30-31H,9,25H2,1-4H3,(H,27,34)(H,28,33)(H,29,32)(H,35,36). The van der Waals surface area contributed by atoms with E-state index in [4.69, 9.17) is 5.73 Å². The molecule has 2 aromatic rings. The first-order valence-electron chi connectivity index (χ1n) is 11.6. The van der Waals surface area contributed by atoms with Crippen LogP contribution in [0.15, 0.2) is 30.5 Å². The number of carbonyl (C=O) groups is 4. The molecule has 0 saturated heterocycles. The largest absolute Gasteiger partial charge is 0.480 e. The molecule has 0 bridgehead atoms. The Kier molecular flexibility index (Phi) is 9.96. The number of aliphatic carboxylic acids is 1. The number of nitrogens with one attached hydrogen (secondary N) is 4. The number of aliphatic hydroxyl groups excluding tert-OH is 2. The highest BCUT2D eigenvalue weighted by atomic mass is 16.4. The molecule has 0 aliphatic carbocycles. The second-order valence-corrected chi connectivity index (χ2v) is 9.19. The number of nitrogens with two attached hydrogens (primary N) is 1. The van der Waals surface area contributed by atoms with Gasteiger partial charge in [-0.3, -0.25) is 14.4 Å². The Bertz CT molecular complexity index is 1080. The summed E-state index contributed by atoms with van der Waals surface area (Å²) in [6, 6.07) is 2.02.